The Morgan fingerprint density at radius 3 is 2.02 bits per heavy atom. The molecular weight excluding hydrogens is 601 g/mol. The quantitative estimate of drug-likeness (QED) is 0.197. The van der Waals surface area contributed by atoms with Crippen LogP contribution < -0.4 is 0 Å². The van der Waals surface area contributed by atoms with Crippen LogP contribution in [-0.4, -0.2) is 15.3 Å². The van der Waals surface area contributed by atoms with Crippen molar-refractivity contribution in [2.24, 2.45) is 0 Å². The van der Waals surface area contributed by atoms with E-state index in [0.717, 1.165) is 77.3 Å². The Kier molecular flexibility index (Phi) is 5.73. The highest BCUT2D eigenvalue weighted by atomic mass is 16.3. The van der Waals surface area contributed by atoms with Crippen LogP contribution in [0.3, 0.4) is 0 Å². The first-order valence-electron chi connectivity index (χ1n) is 16.2. The van der Waals surface area contributed by atoms with Crippen molar-refractivity contribution in [3.63, 3.8) is 0 Å². The predicted molar refractivity (Wildman–Crippen MR) is 200 cm³/mol. The number of para-hydroxylation sites is 3. The van der Waals surface area contributed by atoms with Gasteiger partial charge in [0, 0.05) is 44.4 Å². The first-order chi connectivity index (χ1) is 24.2. The van der Waals surface area contributed by atoms with Gasteiger partial charge in [0.05, 0.1) is 44.8 Å². The second-order valence-electron chi connectivity index (χ2n) is 12.5. The molecular formula is C44H26N4O. The van der Waals surface area contributed by atoms with E-state index in [-0.39, 0.29) is 0 Å². The number of nitriles is 1. The van der Waals surface area contributed by atoms with Gasteiger partial charge in [0.15, 0.2) is 0 Å². The van der Waals surface area contributed by atoms with Crippen LogP contribution in [0, 0.1) is 16.7 Å². The lowest BCUT2D eigenvalue weighted by Crippen LogP contribution is -2.00. The van der Waals surface area contributed by atoms with Crippen LogP contribution in [0.25, 0.3) is 88.1 Å². The molecule has 5 heteroatoms. The van der Waals surface area contributed by atoms with E-state index in [1.165, 1.54) is 22.5 Å². The fourth-order valence-corrected chi connectivity index (χ4v) is 7.66. The Morgan fingerprint density at radius 1 is 0.551 bits per heavy atom. The monoisotopic (exact) mass is 626 g/mol. The summed E-state index contributed by atoms with van der Waals surface area (Å²) in [5.41, 5.74) is 11.3. The summed E-state index contributed by atoms with van der Waals surface area (Å²) in [5.74, 6) is 0. The summed E-state index contributed by atoms with van der Waals surface area (Å²) < 4.78 is 11.1. The summed E-state index contributed by atoms with van der Waals surface area (Å²) in [5, 5.41) is 24.6. The Bertz CT molecular complexity index is 3020. The second-order valence-corrected chi connectivity index (χ2v) is 12.5. The van der Waals surface area contributed by atoms with Gasteiger partial charge in [-0.1, -0.05) is 72.8 Å². The van der Waals surface area contributed by atoms with Gasteiger partial charge in [0.25, 0.3) is 0 Å². The predicted octanol–water partition coefficient (Wildman–Crippen LogP) is 11.3. The second kappa shape index (κ2) is 10.3. The summed E-state index contributed by atoms with van der Waals surface area (Å²) in [6.45, 7) is 0. The average molecular weight is 627 g/mol. The van der Waals surface area contributed by atoms with E-state index in [1.54, 1.807) is 6.07 Å². The zero-order valence-corrected chi connectivity index (χ0v) is 26.2. The fraction of sp³-hybridized carbons (Fsp3) is 0. The topological polar surface area (TPSA) is 70.6 Å². The number of aromatic nitrogens is 2. The molecule has 0 saturated heterocycles. The molecule has 0 atom stereocenters. The van der Waals surface area contributed by atoms with Crippen LogP contribution in [0.2, 0.25) is 0 Å². The molecule has 0 unspecified atom stereocenters. The van der Waals surface area contributed by atoms with Crippen molar-refractivity contribution in [3.8, 4) is 28.6 Å². The average Bonchev–Trinajstić information content (AvgIpc) is 3.82. The van der Waals surface area contributed by atoms with Crippen LogP contribution in [-0.2, 0) is 0 Å². The van der Waals surface area contributed by atoms with Crippen molar-refractivity contribution in [1.29, 1.82) is 10.7 Å². The maximum absolute atomic E-state index is 9.81. The van der Waals surface area contributed by atoms with Crippen molar-refractivity contribution in [2.45, 2.75) is 0 Å². The Hall–Kier alpha value is -6.90. The normalized spacial score (nSPS) is 11.7. The number of hydrogen-bond acceptors (Lipinski definition) is 3. The SMILES string of the molecule is N#Cc1ccc(C=N)c(-n2c3ccc(-c4ccc5c(c4)c4ccccc4n5-c4ccccc4)cc3c3c4oc5ccccc5c4ccc32)c1. The molecule has 0 saturated carbocycles. The van der Waals surface area contributed by atoms with E-state index in [0.29, 0.717) is 5.56 Å². The molecule has 228 valence electrons. The van der Waals surface area contributed by atoms with Crippen LogP contribution in [0.5, 0.6) is 0 Å². The van der Waals surface area contributed by atoms with Crippen molar-refractivity contribution in [3.05, 3.63) is 157 Å². The summed E-state index contributed by atoms with van der Waals surface area (Å²) in [4.78, 5) is 0. The summed E-state index contributed by atoms with van der Waals surface area (Å²) >= 11 is 0. The van der Waals surface area contributed by atoms with E-state index in [2.05, 4.69) is 118 Å². The molecule has 10 rings (SSSR count). The molecule has 49 heavy (non-hydrogen) atoms. The number of rotatable bonds is 4. The molecule has 0 radical (unpaired) electrons. The first-order valence-corrected chi connectivity index (χ1v) is 16.2. The molecule has 0 bridgehead atoms. The highest BCUT2D eigenvalue weighted by Gasteiger charge is 2.21. The maximum atomic E-state index is 9.81. The summed E-state index contributed by atoms with van der Waals surface area (Å²) in [7, 11) is 0. The molecule has 3 heterocycles. The smallest absolute Gasteiger partial charge is 0.145 e. The molecule has 10 aromatic rings. The minimum Gasteiger partial charge on any atom is -0.455 e. The highest BCUT2D eigenvalue weighted by molar-refractivity contribution is 6.24. The largest absolute Gasteiger partial charge is 0.455 e. The first kappa shape index (κ1) is 27.2. The molecule has 0 aliphatic carbocycles. The molecule has 0 amide bonds. The molecule has 1 N–H and O–H groups in total. The number of hydrogen-bond donors (Lipinski definition) is 1. The van der Waals surface area contributed by atoms with Gasteiger partial charge in [-0.2, -0.15) is 5.26 Å². The van der Waals surface area contributed by atoms with Gasteiger partial charge in [0.2, 0.25) is 0 Å². The maximum Gasteiger partial charge on any atom is 0.145 e. The Labute approximate surface area is 280 Å². The van der Waals surface area contributed by atoms with Gasteiger partial charge in [-0.25, -0.2) is 0 Å². The minimum absolute atomic E-state index is 0.542. The van der Waals surface area contributed by atoms with Gasteiger partial charge < -0.3 is 19.0 Å². The molecule has 5 nitrogen and oxygen atoms in total. The Balaban J connectivity index is 1.28. The summed E-state index contributed by atoms with van der Waals surface area (Å²) in [6, 6.07) is 52.6. The third-order valence-corrected chi connectivity index (χ3v) is 9.85. The Morgan fingerprint density at radius 2 is 1.22 bits per heavy atom. The lowest BCUT2D eigenvalue weighted by Gasteiger charge is -2.12. The van der Waals surface area contributed by atoms with Gasteiger partial charge in [-0.3, -0.25) is 0 Å². The molecule has 0 fully saturated rings. The van der Waals surface area contributed by atoms with Crippen LogP contribution >= 0.6 is 0 Å². The standard InChI is InChI=1S/C44H26N4O/c45-25-27-14-15-30(26-46)41(22-27)48-39-20-17-29(24-36(39)43-40(48)21-18-34-33-11-5-7-13-42(33)49-44(34)43)28-16-19-38-35(23-28)32-10-4-6-12-37(32)47(38)31-8-2-1-3-9-31/h1-24,26,46H. The number of fused-ring (bicyclic) bond motifs is 10. The van der Waals surface area contributed by atoms with E-state index in [4.69, 9.17) is 9.83 Å². The van der Waals surface area contributed by atoms with Gasteiger partial charge in [-0.05, 0) is 83.9 Å². The van der Waals surface area contributed by atoms with E-state index in [1.807, 2.05) is 36.4 Å². The third-order valence-electron chi connectivity index (χ3n) is 9.85. The van der Waals surface area contributed by atoms with Crippen molar-refractivity contribution in [2.75, 3.05) is 0 Å². The lowest BCUT2D eigenvalue weighted by atomic mass is 10.00. The zero-order valence-electron chi connectivity index (χ0n) is 26.2. The summed E-state index contributed by atoms with van der Waals surface area (Å²) in [6.07, 6.45) is 1.35. The van der Waals surface area contributed by atoms with Crippen LogP contribution in [0.15, 0.2) is 150 Å². The number of benzene rings is 7. The molecule has 7 aromatic carbocycles. The van der Waals surface area contributed by atoms with Gasteiger partial charge in [-0.15, -0.1) is 0 Å². The molecule has 0 aliphatic heterocycles. The zero-order chi connectivity index (χ0) is 32.6. The van der Waals surface area contributed by atoms with Gasteiger partial charge in [0.1, 0.15) is 11.2 Å². The van der Waals surface area contributed by atoms with Crippen molar-refractivity contribution < 1.29 is 4.42 Å². The minimum atomic E-state index is 0.542. The fourth-order valence-electron chi connectivity index (χ4n) is 7.66. The van der Waals surface area contributed by atoms with Crippen LogP contribution in [0.1, 0.15) is 11.1 Å². The number of furan rings is 1. The van der Waals surface area contributed by atoms with Crippen LogP contribution in [0.4, 0.5) is 0 Å². The number of nitrogens with zero attached hydrogens (tertiary/aromatic N) is 3. The van der Waals surface area contributed by atoms with Crippen molar-refractivity contribution >= 4 is 71.8 Å². The van der Waals surface area contributed by atoms with E-state index < -0.39 is 0 Å². The third kappa shape index (κ3) is 3.89. The van der Waals surface area contributed by atoms with Crippen molar-refractivity contribution in [1.82, 2.24) is 9.13 Å². The molecule has 3 aromatic heterocycles. The van der Waals surface area contributed by atoms with Gasteiger partial charge >= 0.3 is 0 Å². The van der Waals surface area contributed by atoms with E-state index in [9.17, 15) is 5.26 Å². The van der Waals surface area contributed by atoms with E-state index >= 15 is 0 Å². The number of nitrogens with one attached hydrogen (secondary N) is 1. The lowest BCUT2D eigenvalue weighted by molar-refractivity contribution is 0.673. The molecule has 0 spiro atoms. The highest BCUT2D eigenvalue weighted by Crippen LogP contribution is 2.43. The molecule has 0 aliphatic rings.